The molecule has 0 aliphatic carbocycles. The van der Waals surface area contributed by atoms with Crippen LogP contribution in [-0.4, -0.2) is 38.9 Å². The Morgan fingerprint density at radius 2 is 1.88 bits per heavy atom. The van der Waals surface area contributed by atoms with Gasteiger partial charge in [0.1, 0.15) is 0 Å². The molecule has 0 amide bonds. The maximum Gasteiger partial charge on any atom is 0.306 e. The van der Waals surface area contributed by atoms with Crippen molar-refractivity contribution in [2.75, 3.05) is 18.0 Å². The third-order valence-corrected chi connectivity index (χ3v) is 4.89. The van der Waals surface area contributed by atoms with E-state index in [1.54, 1.807) is 6.20 Å². The number of anilines is 1. The third kappa shape index (κ3) is 2.84. The van der Waals surface area contributed by atoms with E-state index in [0.29, 0.717) is 25.9 Å². The molecule has 3 heterocycles. The van der Waals surface area contributed by atoms with E-state index in [1.807, 2.05) is 16.9 Å². The van der Waals surface area contributed by atoms with Gasteiger partial charge in [0.15, 0.2) is 5.82 Å². The van der Waals surface area contributed by atoms with Crippen LogP contribution < -0.4 is 4.90 Å². The van der Waals surface area contributed by atoms with Crippen LogP contribution in [0.2, 0.25) is 0 Å². The summed E-state index contributed by atoms with van der Waals surface area (Å²) in [5.74, 6) is -0.0379. The zero-order valence-corrected chi connectivity index (χ0v) is 14.1. The SMILES string of the molecule is Cc1ccc(-n2nc(N3CCC(C(=O)O)CC3)c3ccncc32)cc1. The minimum Gasteiger partial charge on any atom is -0.481 e. The first-order valence-corrected chi connectivity index (χ1v) is 8.51. The van der Waals surface area contributed by atoms with Crippen LogP contribution in [0.25, 0.3) is 16.6 Å². The largest absolute Gasteiger partial charge is 0.481 e. The van der Waals surface area contributed by atoms with Crippen LogP contribution in [0.1, 0.15) is 18.4 Å². The summed E-state index contributed by atoms with van der Waals surface area (Å²) in [4.78, 5) is 17.6. The topological polar surface area (TPSA) is 71.2 Å². The van der Waals surface area contributed by atoms with Gasteiger partial charge in [-0.1, -0.05) is 17.7 Å². The van der Waals surface area contributed by atoms with Gasteiger partial charge >= 0.3 is 5.97 Å². The molecule has 3 aromatic rings. The number of carboxylic acid groups (broad SMARTS) is 1. The summed E-state index contributed by atoms with van der Waals surface area (Å²) in [5.41, 5.74) is 3.16. The molecule has 4 rings (SSSR count). The molecule has 1 aliphatic heterocycles. The molecule has 1 saturated heterocycles. The van der Waals surface area contributed by atoms with Crippen molar-refractivity contribution < 1.29 is 9.90 Å². The summed E-state index contributed by atoms with van der Waals surface area (Å²) in [5, 5.41) is 15.1. The van der Waals surface area contributed by atoms with Gasteiger partial charge in [-0.15, -0.1) is 5.10 Å². The van der Waals surface area contributed by atoms with Crippen LogP contribution in [-0.2, 0) is 4.79 Å². The Labute approximate surface area is 145 Å². The number of hydrogen-bond acceptors (Lipinski definition) is 4. The summed E-state index contributed by atoms with van der Waals surface area (Å²) in [7, 11) is 0. The fraction of sp³-hybridized carbons (Fsp3) is 0.316. The molecule has 0 saturated carbocycles. The molecule has 6 nitrogen and oxygen atoms in total. The van der Waals surface area contributed by atoms with Crippen LogP contribution in [0.3, 0.4) is 0 Å². The first-order valence-electron chi connectivity index (χ1n) is 8.51. The van der Waals surface area contributed by atoms with Crippen molar-refractivity contribution in [2.45, 2.75) is 19.8 Å². The number of nitrogens with zero attached hydrogens (tertiary/aromatic N) is 4. The fourth-order valence-electron chi connectivity index (χ4n) is 3.40. The van der Waals surface area contributed by atoms with Crippen molar-refractivity contribution >= 4 is 22.7 Å². The Bertz CT molecular complexity index is 909. The second-order valence-corrected chi connectivity index (χ2v) is 6.56. The summed E-state index contributed by atoms with van der Waals surface area (Å²) in [6.07, 6.45) is 4.91. The second-order valence-electron chi connectivity index (χ2n) is 6.56. The summed E-state index contributed by atoms with van der Waals surface area (Å²) in [6.45, 7) is 3.48. The van der Waals surface area contributed by atoms with Gasteiger partial charge < -0.3 is 10.0 Å². The molecular weight excluding hydrogens is 316 g/mol. The summed E-state index contributed by atoms with van der Waals surface area (Å²) >= 11 is 0. The molecule has 1 N–H and O–H groups in total. The molecule has 2 aromatic heterocycles. The van der Waals surface area contributed by atoms with E-state index in [4.69, 9.17) is 5.10 Å². The highest BCUT2D eigenvalue weighted by molar-refractivity contribution is 5.91. The maximum absolute atomic E-state index is 11.2. The standard InChI is InChI=1S/C19H20N4O2/c1-13-2-4-15(5-3-13)23-17-12-20-9-6-16(17)18(21-23)22-10-7-14(8-11-22)19(24)25/h2-6,9,12,14H,7-8,10-11H2,1H3,(H,24,25). The van der Waals surface area contributed by atoms with Crippen LogP contribution in [0, 0.1) is 12.8 Å². The zero-order valence-electron chi connectivity index (χ0n) is 14.1. The molecular formula is C19H20N4O2. The molecule has 0 spiro atoms. The van der Waals surface area contributed by atoms with Crippen molar-refractivity contribution in [1.29, 1.82) is 0 Å². The lowest BCUT2D eigenvalue weighted by atomic mass is 9.97. The van der Waals surface area contributed by atoms with Crippen LogP contribution in [0.5, 0.6) is 0 Å². The van der Waals surface area contributed by atoms with Crippen molar-refractivity contribution in [2.24, 2.45) is 5.92 Å². The van der Waals surface area contributed by atoms with Crippen molar-refractivity contribution in [3.63, 3.8) is 0 Å². The Morgan fingerprint density at radius 3 is 2.56 bits per heavy atom. The molecule has 0 atom stereocenters. The van der Waals surface area contributed by atoms with E-state index in [9.17, 15) is 9.90 Å². The second kappa shape index (κ2) is 6.20. The molecule has 128 valence electrons. The Morgan fingerprint density at radius 1 is 1.16 bits per heavy atom. The quantitative estimate of drug-likeness (QED) is 0.796. The first kappa shape index (κ1) is 15.6. The van der Waals surface area contributed by atoms with E-state index < -0.39 is 5.97 Å². The number of aryl methyl sites for hydroxylation is 1. The van der Waals surface area contributed by atoms with Gasteiger partial charge in [0.2, 0.25) is 0 Å². The number of aliphatic carboxylic acids is 1. The third-order valence-electron chi connectivity index (χ3n) is 4.89. The lowest BCUT2D eigenvalue weighted by Gasteiger charge is -2.30. The molecule has 1 aromatic carbocycles. The maximum atomic E-state index is 11.2. The average molecular weight is 336 g/mol. The van der Waals surface area contributed by atoms with Crippen LogP contribution >= 0.6 is 0 Å². The highest BCUT2D eigenvalue weighted by Crippen LogP contribution is 2.30. The van der Waals surface area contributed by atoms with Crippen molar-refractivity contribution in [3.8, 4) is 5.69 Å². The zero-order chi connectivity index (χ0) is 17.4. The predicted molar refractivity (Wildman–Crippen MR) is 96.2 cm³/mol. The molecule has 1 aliphatic rings. The smallest absolute Gasteiger partial charge is 0.306 e. The lowest BCUT2D eigenvalue weighted by Crippen LogP contribution is -2.36. The lowest BCUT2D eigenvalue weighted by molar-refractivity contribution is -0.142. The van der Waals surface area contributed by atoms with E-state index in [2.05, 4.69) is 41.1 Å². The Balaban J connectivity index is 1.73. The van der Waals surface area contributed by atoms with Gasteiger partial charge in [-0.25, -0.2) is 4.68 Å². The molecule has 1 fully saturated rings. The molecule has 0 radical (unpaired) electrons. The minimum atomic E-state index is -0.695. The number of piperidine rings is 1. The average Bonchev–Trinajstić information content (AvgIpc) is 3.02. The summed E-state index contributed by atoms with van der Waals surface area (Å²) < 4.78 is 1.92. The number of benzene rings is 1. The van der Waals surface area contributed by atoms with Crippen LogP contribution in [0.15, 0.2) is 42.7 Å². The number of pyridine rings is 1. The van der Waals surface area contributed by atoms with Gasteiger partial charge in [-0.3, -0.25) is 9.78 Å². The molecule has 0 bridgehead atoms. The van der Waals surface area contributed by atoms with Crippen molar-refractivity contribution in [3.05, 3.63) is 48.3 Å². The monoisotopic (exact) mass is 336 g/mol. The van der Waals surface area contributed by atoms with E-state index in [-0.39, 0.29) is 5.92 Å². The van der Waals surface area contributed by atoms with E-state index in [0.717, 1.165) is 22.4 Å². The summed E-state index contributed by atoms with van der Waals surface area (Å²) in [6, 6.07) is 10.2. The Kier molecular flexibility index (Phi) is 3.87. The predicted octanol–water partition coefficient (Wildman–Crippen LogP) is 3.03. The minimum absolute atomic E-state index is 0.247. The van der Waals surface area contributed by atoms with Gasteiger partial charge in [0, 0.05) is 24.7 Å². The van der Waals surface area contributed by atoms with E-state index >= 15 is 0 Å². The van der Waals surface area contributed by atoms with E-state index in [1.165, 1.54) is 5.56 Å². The van der Waals surface area contributed by atoms with Gasteiger partial charge in [-0.05, 0) is 38.0 Å². The van der Waals surface area contributed by atoms with Gasteiger partial charge in [0.25, 0.3) is 0 Å². The number of carbonyl (C=O) groups is 1. The normalized spacial score (nSPS) is 15.6. The number of carboxylic acids is 1. The molecule has 0 unspecified atom stereocenters. The number of rotatable bonds is 3. The number of fused-ring (bicyclic) bond motifs is 1. The molecule has 25 heavy (non-hydrogen) atoms. The van der Waals surface area contributed by atoms with Crippen molar-refractivity contribution in [1.82, 2.24) is 14.8 Å². The number of hydrogen-bond donors (Lipinski definition) is 1. The van der Waals surface area contributed by atoms with Gasteiger partial charge in [-0.2, -0.15) is 0 Å². The fourth-order valence-corrected chi connectivity index (χ4v) is 3.40. The van der Waals surface area contributed by atoms with Crippen LogP contribution in [0.4, 0.5) is 5.82 Å². The highest BCUT2D eigenvalue weighted by Gasteiger charge is 2.27. The van der Waals surface area contributed by atoms with Gasteiger partial charge in [0.05, 0.1) is 23.3 Å². The highest BCUT2D eigenvalue weighted by atomic mass is 16.4. The number of aromatic nitrogens is 3. The first-order chi connectivity index (χ1) is 12.1. The Hall–Kier alpha value is -2.89. The molecule has 6 heteroatoms.